The average Bonchev–Trinajstić information content (AvgIpc) is 3.36. The summed E-state index contributed by atoms with van der Waals surface area (Å²) in [6.07, 6.45) is 2.45. The van der Waals surface area contributed by atoms with Gasteiger partial charge in [-0.2, -0.15) is 0 Å². The Kier molecular flexibility index (Phi) is 10.4. The van der Waals surface area contributed by atoms with E-state index in [1.54, 1.807) is 0 Å². The number of guanidine groups is 1. The molecule has 0 aromatic heterocycles. The van der Waals surface area contributed by atoms with E-state index in [2.05, 4.69) is 22.0 Å². The first-order chi connectivity index (χ1) is 15.2. The molecule has 1 aromatic rings. The molecule has 3 fully saturated rings. The summed E-state index contributed by atoms with van der Waals surface area (Å²) in [5.74, 6) is 0.698. The maximum absolute atomic E-state index is 13.5. The van der Waals surface area contributed by atoms with Crippen LogP contribution >= 0.6 is 24.0 Å². The maximum Gasteiger partial charge on any atom is 0.194 e. The quantitative estimate of drug-likeness (QED) is 0.327. The molecular weight excluding hydrogens is 526 g/mol. The second kappa shape index (κ2) is 13.0. The molecule has 3 heterocycles. The molecule has 0 spiro atoms. The molecule has 3 aliphatic heterocycles. The summed E-state index contributed by atoms with van der Waals surface area (Å²) in [6, 6.07) is 6.91. The van der Waals surface area contributed by atoms with E-state index in [4.69, 9.17) is 19.2 Å². The van der Waals surface area contributed by atoms with Gasteiger partial charge in [0.25, 0.3) is 0 Å². The third kappa shape index (κ3) is 6.75. The minimum atomic E-state index is -0.213. The predicted octanol–water partition coefficient (Wildman–Crippen LogP) is 2.66. The molecule has 0 aliphatic carbocycles. The molecule has 3 aliphatic rings. The van der Waals surface area contributed by atoms with Gasteiger partial charge in [-0.1, -0.05) is 12.1 Å². The van der Waals surface area contributed by atoms with Crippen LogP contribution in [0, 0.1) is 5.82 Å². The third-order valence-electron chi connectivity index (χ3n) is 6.26. The smallest absolute Gasteiger partial charge is 0.194 e. The third-order valence-corrected chi connectivity index (χ3v) is 6.26. The Labute approximate surface area is 207 Å². The summed E-state index contributed by atoms with van der Waals surface area (Å²) >= 11 is 0. The van der Waals surface area contributed by atoms with Crippen LogP contribution in [0.15, 0.2) is 29.3 Å². The molecule has 7 nitrogen and oxygen atoms in total. The van der Waals surface area contributed by atoms with Crippen molar-refractivity contribution in [1.82, 2.24) is 15.1 Å². The second-order valence-electron chi connectivity index (χ2n) is 8.32. The van der Waals surface area contributed by atoms with Crippen molar-refractivity contribution in [3.63, 3.8) is 0 Å². The summed E-state index contributed by atoms with van der Waals surface area (Å²) in [5.41, 5.74) is 1.09. The van der Waals surface area contributed by atoms with Gasteiger partial charge in [-0.15, -0.1) is 24.0 Å². The monoisotopic (exact) mass is 562 g/mol. The topological polar surface area (TPSA) is 58.6 Å². The summed E-state index contributed by atoms with van der Waals surface area (Å²) in [6.45, 7) is 9.75. The SMILES string of the molecule is CCNC(=NCC(c1ccc(F)cc1)N1CCOCC1)N1CCOC(C2CCCO2)C1.I. The lowest BCUT2D eigenvalue weighted by Crippen LogP contribution is -2.53. The Bertz CT molecular complexity index is 712. The fourth-order valence-electron chi connectivity index (χ4n) is 4.59. The van der Waals surface area contributed by atoms with Crippen LogP contribution < -0.4 is 5.32 Å². The van der Waals surface area contributed by atoms with Crippen LogP contribution in [0.2, 0.25) is 0 Å². The number of halogens is 2. The average molecular weight is 562 g/mol. The van der Waals surface area contributed by atoms with E-state index in [0.29, 0.717) is 26.4 Å². The summed E-state index contributed by atoms with van der Waals surface area (Å²) in [4.78, 5) is 9.71. The minimum absolute atomic E-state index is 0. The number of benzene rings is 1. The Balaban J connectivity index is 0.00000289. The Morgan fingerprint density at radius 3 is 2.53 bits per heavy atom. The number of rotatable bonds is 6. The summed E-state index contributed by atoms with van der Waals surface area (Å²) in [5, 5.41) is 3.46. The highest BCUT2D eigenvalue weighted by Crippen LogP contribution is 2.24. The van der Waals surface area contributed by atoms with E-state index in [9.17, 15) is 4.39 Å². The van der Waals surface area contributed by atoms with Crippen LogP contribution in [0.3, 0.4) is 0 Å². The molecule has 32 heavy (non-hydrogen) atoms. The molecule has 4 rings (SSSR count). The molecule has 3 unspecified atom stereocenters. The highest BCUT2D eigenvalue weighted by molar-refractivity contribution is 14.0. The van der Waals surface area contributed by atoms with Gasteiger partial charge < -0.3 is 24.4 Å². The van der Waals surface area contributed by atoms with E-state index in [0.717, 1.165) is 63.7 Å². The van der Waals surface area contributed by atoms with Gasteiger partial charge >= 0.3 is 0 Å². The number of aliphatic imine (C=N–C) groups is 1. The van der Waals surface area contributed by atoms with E-state index < -0.39 is 0 Å². The molecule has 9 heteroatoms. The first-order valence-corrected chi connectivity index (χ1v) is 11.6. The van der Waals surface area contributed by atoms with Crippen LogP contribution in [0.4, 0.5) is 4.39 Å². The number of hydrogen-bond acceptors (Lipinski definition) is 5. The number of ether oxygens (including phenoxy) is 3. The van der Waals surface area contributed by atoms with Crippen molar-refractivity contribution in [3.05, 3.63) is 35.6 Å². The summed E-state index contributed by atoms with van der Waals surface area (Å²) < 4.78 is 30.9. The van der Waals surface area contributed by atoms with Crippen LogP contribution in [-0.2, 0) is 14.2 Å². The van der Waals surface area contributed by atoms with E-state index in [-0.39, 0.29) is 48.0 Å². The number of morpholine rings is 2. The normalized spacial score (nSPS) is 25.9. The molecular formula is C23H36FIN4O3. The van der Waals surface area contributed by atoms with Crippen molar-refractivity contribution < 1.29 is 18.6 Å². The van der Waals surface area contributed by atoms with Gasteiger partial charge in [-0.3, -0.25) is 9.89 Å². The van der Waals surface area contributed by atoms with E-state index in [1.807, 2.05) is 12.1 Å². The van der Waals surface area contributed by atoms with Crippen LogP contribution in [0.1, 0.15) is 31.4 Å². The van der Waals surface area contributed by atoms with Crippen molar-refractivity contribution in [2.75, 3.05) is 65.7 Å². The minimum Gasteiger partial charge on any atom is -0.379 e. The Hall–Kier alpha value is -1.01. The fourth-order valence-corrected chi connectivity index (χ4v) is 4.59. The molecule has 0 bridgehead atoms. The predicted molar refractivity (Wildman–Crippen MR) is 133 cm³/mol. The number of nitrogens with zero attached hydrogens (tertiary/aromatic N) is 3. The highest BCUT2D eigenvalue weighted by Gasteiger charge is 2.32. The first-order valence-electron chi connectivity index (χ1n) is 11.6. The highest BCUT2D eigenvalue weighted by atomic mass is 127. The zero-order valence-electron chi connectivity index (χ0n) is 18.9. The lowest BCUT2D eigenvalue weighted by molar-refractivity contribution is -0.0817. The van der Waals surface area contributed by atoms with Crippen molar-refractivity contribution >= 4 is 29.9 Å². The largest absolute Gasteiger partial charge is 0.379 e. The van der Waals surface area contributed by atoms with Gasteiger partial charge in [0, 0.05) is 39.3 Å². The van der Waals surface area contributed by atoms with E-state index >= 15 is 0 Å². The number of nitrogens with one attached hydrogen (secondary N) is 1. The van der Waals surface area contributed by atoms with Gasteiger partial charge in [-0.05, 0) is 37.5 Å². The molecule has 0 saturated carbocycles. The second-order valence-corrected chi connectivity index (χ2v) is 8.32. The van der Waals surface area contributed by atoms with Crippen molar-refractivity contribution in [3.8, 4) is 0 Å². The zero-order chi connectivity index (χ0) is 21.5. The van der Waals surface area contributed by atoms with Gasteiger partial charge in [0.15, 0.2) is 5.96 Å². The summed E-state index contributed by atoms with van der Waals surface area (Å²) in [7, 11) is 0. The molecule has 1 aromatic carbocycles. The standard InChI is InChI=1S/C23H35FN4O3.HI/c1-2-25-23(28-11-15-31-22(17-28)21-4-3-12-30-21)26-16-20(27-9-13-29-14-10-27)18-5-7-19(24)8-6-18;/h5-8,20-22H,2-4,9-17H2,1H3,(H,25,26);1H. The van der Waals surface area contributed by atoms with Crippen molar-refractivity contribution in [2.45, 2.75) is 38.0 Å². The number of hydrogen-bond donors (Lipinski definition) is 1. The first kappa shape index (κ1) is 25.6. The zero-order valence-corrected chi connectivity index (χ0v) is 21.2. The Morgan fingerprint density at radius 1 is 1.09 bits per heavy atom. The van der Waals surface area contributed by atoms with Crippen LogP contribution in [0.25, 0.3) is 0 Å². The lowest BCUT2D eigenvalue weighted by Gasteiger charge is -2.38. The van der Waals surface area contributed by atoms with Gasteiger partial charge in [0.2, 0.25) is 0 Å². The molecule has 0 radical (unpaired) electrons. The lowest BCUT2D eigenvalue weighted by atomic mass is 10.0. The van der Waals surface area contributed by atoms with Crippen molar-refractivity contribution in [2.24, 2.45) is 4.99 Å². The fraction of sp³-hybridized carbons (Fsp3) is 0.696. The molecule has 180 valence electrons. The van der Waals surface area contributed by atoms with Crippen molar-refractivity contribution in [1.29, 1.82) is 0 Å². The Morgan fingerprint density at radius 2 is 1.84 bits per heavy atom. The van der Waals surface area contributed by atoms with Crippen LogP contribution in [-0.4, -0.2) is 93.7 Å². The maximum atomic E-state index is 13.5. The molecule has 3 atom stereocenters. The van der Waals surface area contributed by atoms with Gasteiger partial charge in [0.05, 0.1) is 38.5 Å². The van der Waals surface area contributed by atoms with Gasteiger partial charge in [0.1, 0.15) is 11.9 Å². The van der Waals surface area contributed by atoms with Crippen LogP contribution in [0.5, 0.6) is 0 Å². The molecule has 0 amide bonds. The van der Waals surface area contributed by atoms with Gasteiger partial charge in [-0.25, -0.2) is 4.39 Å². The van der Waals surface area contributed by atoms with E-state index in [1.165, 1.54) is 12.1 Å². The molecule has 1 N–H and O–H groups in total. The molecule has 3 saturated heterocycles.